The summed E-state index contributed by atoms with van der Waals surface area (Å²) in [7, 11) is 1.52. The van der Waals surface area contributed by atoms with Crippen molar-refractivity contribution in [3.8, 4) is 5.75 Å². The van der Waals surface area contributed by atoms with Crippen LogP contribution in [0, 0.1) is 0 Å². The lowest BCUT2D eigenvalue weighted by Gasteiger charge is -2.49. The van der Waals surface area contributed by atoms with Crippen LogP contribution in [0.25, 0.3) is 0 Å². The molecule has 0 spiro atoms. The summed E-state index contributed by atoms with van der Waals surface area (Å²) in [4.78, 5) is 64.2. The molecule has 0 saturated carbocycles. The summed E-state index contributed by atoms with van der Waals surface area (Å²) in [5.74, 6) is -3.57. The molecule has 2 saturated heterocycles. The van der Waals surface area contributed by atoms with E-state index in [0.29, 0.717) is 11.3 Å². The average molecular weight is 945 g/mol. The molecule has 68 heavy (non-hydrogen) atoms. The molecule has 11 atom stereocenters. The molecule has 4 aromatic rings. The monoisotopic (exact) mass is 944 g/mol. The Labute approximate surface area is 393 Å². The molecule has 0 bridgehead atoms. The highest BCUT2D eigenvalue weighted by molar-refractivity contribution is 5.89. The molecular weight excluding hydrogens is 889 g/mol. The summed E-state index contributed by atoms with van der Waals surface area (Å²) in [5, 5.41) is 12.0. The molecule has 6 rings (SSSR count). The van der Waals surface area contributed by atoms with Crippen molar-refractivity contribution in [2.75, 3.05) is 20.3 Å². The van der Waals surface area contributed by atoms with Crippen LogP contribution in [0.15, 0.2) is 115 Å². The Morgan fingerprint density at radius 1 is 0.574 bits per heavy atom. The highest BCUT2D eigenvalue weighted by Crippen LogP contribution is 2.37. The van der Waals surface area contributed by atoms with Gasteiger partial charge in [0.15, 0.2) is 37.0 Å². The van der Waals surface area contributed by atoms with Gasteiger partial charge in [-0.2, -0.15) is 0 Å². The maximum Gasteiger partial charge on any atom is 0.338 e. The topological polar surface area (TPSA) is 216 Å². The number of aliphatic hydroxyl groups excluding tert-OH is 1. The average Bonchev–Trinajstić information content (AvgIpc) is 3.32. The minimum atomic E-state index is -1.89. The van der Waals surface area contributed by atoms with Gasteiger partial charge in [0.05, 0.1) is 39.1 Å². The Bertz CT molecular complexity index is 2230. The number of carbonyl (C=O) groups is 5. The van der Waals surface area contributed by atoms with Gasteiger partial charge in [0.25, 0.3) is 0 Å². The van der Waals surface area contributed by atoms with Crippen molar-refractivity contribution in [1.82, 2.24) is 0 Å². The highest BCUT2D eigenvalue weighted by atomic mass is 16.8. The lowest BCUT2D eigenvalue weighted by Crippen LogP contribution is -2.68. The number of esters is 5. The van der Waals surface area contributed by atoms with Gasteiger partial charge in [0, 0.05) is 27.7 Å². The second-order valence-electron chi connectivity index (χ2n) is 15.9. The number of benzene rings is 4. The molecule has 0 unspecified atom stereocenters. The third-order valence-corrected chi connectivity index (χ3v) is 10.7. The summed E-state index contributed by atoms with van der Waals surface area (Å²) >= 11 is 0. The van der Waals surface area contributed by atoms with E-state index in [1.807, 2.05) is 60.7 Å². The van der Waals surface area contributed by atoms with Gasteiger partial charge in [0.2, 0.25) is 0 Å². The van der Waals surface area contributed by atoms with Crippen LogP contribution in [0.1, 0.15) is 54.7 Å². The normalized spacial score (nSPS) is 25.0. The third kappa shape index (κ3) is 14.6. The molecule has 364 valence electrons. The van der Waals surface area contributed by atoms with E-state index >= 15 is 0 Å². The van der Waals surface area contributed by atoms with E-state index in [2.05, 4.69) is 0 Å². The molecule has 0 aliphatic carbocycles. The van der Waals surface area contributed by atoms with E-state index < -0.39 is 104 Å². The van der Waals surface area contributed by atoms with Crippen LogP contribution >= 0.6 is 0 Å². The first kappa shape index (κ1) is 51.1. The van der Waals surface area contributed by atoms with Gasteiger partial charge in [-0.05, 0) is 41.0 Å². The SMILES string of the molecule is COc1ccc(CO[C@H]2[C@H](O[C@@H]3O[C@H](COC(C)=O)[C@@H](OC(C)=O)[C@H](OC(C)=O)[C@H]3OC(C)=O)[C@@H]([C@H](COCc3ccccc3)OCc3ccccc3)O[C@H](O)[C@H]2OC(=O)c2ccccc2)cc1. The van der Waals surface area contributed by atoms with E-state index in [4.69, 9.17) is 56.8 Å². The number of aliphatic hydroxyl groups is 1. The van der Waals surface area contributed by atoms with Crippen molar-refractivity contribution in [1.29, 1.82) is 0 Å². The van der Waals surface area contributed by atoms with E-state index in [9.17, 15) is 29.1 Å². The first-order valence-corrected chi connectivity index (χ1v) is 21.9. The van der Waals surface area contributed by atoms with Crippen LogP contribution in [-0.4, -0.2) is 123 Å². The van der Waals surface area contributed by atoms with Crippen LogP contribution in [0.2, 0.25) is 0 Å². The molecular formula is C50H56O18. The van der Waals surface area contributed by atoms with Gasteiger partial charge in [-0.1, -0.05) is 91.0 Å². The van der Waals surface area contributed by atoms with Gasteiger partial charge in [0.1, 0.15) is 42.9 Å². The molecule has 1 N–H and O–H groups in total. The smallest absolute Gasteiger partial charge is 0.338 e. The lowest BCUT2D eigenvalue weighted by atomic mass is 9.93. The zero-order valence-corrected chi connectivity index (χ0v) is 38.2. The van der Waals surface area contributed by atoms with Crippen molar-refractivity contribution < 1.29 is 85.9 Å². The molecule has 0 aromatic heterocycles. The van der Waals surface area contributed by atoms with E-state index in [0.717, 1.165) is 38.8 Å². The molecule has 2 aliphatic heterocycles. The fourth-order valence-corrected chi connectivity index (χ4v) is 7.64. The number of hydrogen-bond acceptors (Lipinski definition) is 18. The van der Waals surface area contributed by atoms with Gasteiger partial charge in [-0.25, -0.2) is 4.79 Å². The van der Waals surface area contributed by atoms with Crippen molar-refractivity contribution in [2.24, 2.45) is 0 Å². The van der Waals surface area contributed by atoms with Crippen molar-refractivity contribution in [2.45, 2.75) is 115 Å². The number of ether oxygens (including phenoxy) is 12. The van der Waals surface area contributed by atoms with Crippen molar-refractivity contribution in [3.05, 3.63) is 138 Å². The first-order chi connectivity index (χ1) is 32.8. The molecule has 18 heteroatoms. The molecule has 0 amide bonds. The molecule has 2 heterocycles. The second-order valence-corrected chi connectivity index (χ2v) is 15.9. The van der Waals surface area contributed by atoms with Crippen LogP contribution < -0.4 is 4.74 Å². The predicted octanol–water partition coefficient (Wildman–Crippen LogP) is 4.79. The fourth-order valence-electron chi connectivity index (χ4n) is 7.64. The minimum absolute atomic E-state index is 0.0196. The molecule has 4 aromatic carbocycles. The van der Waals surface area contributed by atoms with E-state index in [-0.39, 0.29) is 32.0 Å². The second kappa shape index (κ2) is 25.2. The standard InChI is InChI=1S/C50H56O18/c1-30(51)59-29-40-42(62-31(2)52)45(63-32(3)53)47(64-33(4)54)50(65-40)68-44-41(39(60-26-35-17-11-7-12-18-35)28-58-25-34-15-9-6-10-16-34)66-49(56)46(67-48(55)37-19-13-8-14-20-37)43(44)61-27-36-21-23-38(57-5)24-22-36/h6-24,39-47,49-50,56H,25-29H2,1-5H3/t39-,40+,41+,42+,43-,44+,45-,46-,47+,49-,50-/m0/s1. The number of rotatable bonds is 21. The summed E-state index contributed by atoms with van der Waals surface area (Å²) in [6.07, 6.45) is -17.0. The number of methoxy groups -OCH3 is 1. The lowest BCUT2D eigenvalue weighted by molar-refractivity contribution is -0.366. The van der Waals surface area contributed by atoms with Gasteiger partial charge >= 0.3 is 29.8 Å². The zero-order valence-electron chi connectivity index (χ0n) is 38.2. The van der Waals surface area contributed by atoms with Crippen LogP contribution in [0.3, 0.4) is 0 Å². The Kier molecular flexibility index (Phi) is 19.0. The highest BCUT2D eigenvalue weighted by Gasteiger charge is 2.58. The summed E-state index contributed by atoms with van der Waals surface area (Å²) < 4.78 is 72.9. The van der Waals surface area contributed by atoms with Crippen LogP contribution in [-0.2, 0) is 91.1 Å². The maximum atomic E-state index is 13.9. The Morgan fingerprint density at radius 3 is 1.72 bits per heavy atom. The quantitative estimate of drug-likeness (QED) is 0.0877. The first-order valence-electron chi connectivity index (χ1n) is 21.9. The van der Waals surface area contributed by atoms with Crippen molar-refractivity contribution in [3.63, 3.8) is 0 Å². The number of hydrogen-bond donors (Lipinski definition) is 1. The summed E-state index contributed by atoms with van der Waals surface area (Å²) in [5.41, 5.74) is 2.39. The van der Waals surface area contributed by atoms with E-state index in [1.165, 1.54) is 19.2 Å². The minimum Gasteiger partial charge on any atom is -0.497 e. The maximum absolute atomic E-state index is 13.9. The van der Waals surface area contributed by atoms with Gasteiger partial charge in [-0.3, -0.25) is 19.2 Å². The molecule has 0 radical (unpaired) electrons. The predicted molar refractivity (Wildman–Crippen MR) is 236 cm³/mol. The van der Waals surface area contributed by atoms with Gasteiger partial charge in [-0.15, -0.1) is 0 Å². The largest absolute Gasteiger partial charge is 0.497 e. The van der Waals surface area contributed by atoms with Gasteiger partial charge < -0.3 is 61.9 Å². The fraction of sp³-hybridized carbons (Fsp3) is 0.420. The zero-order chi connectivity index (χ0) is 48.6. The Balaban J connectivity index is 1.48. The molecule has 2 aliphatic rings. The van der Waals surface area contributed by atoms with Crippen molar-refractivity contribution >= 4 is 29.8 Å². The van der Waals surface area contributed by atoms with Crippen LogP contribution in [0.4, 0.5) is 0 Å². The summed E-state index contributed by atoms with van der Waals surface area (Å²) in [6, 6.07) is 33.6. The Hall–Kier alpha value is -6.25. The Morgan fingerprint density at radius 2 is 1.13 bits per heavy atom. The number of carbonyl (C=O) groups excluding carboxylic acids is 5. The van der Waals surface area contributed by atoms with Crippen LogP contribution in [0.5, 0.6) is 5.75 Å². The third-order valence-electron chi connectivity index (χ3n) is 10.7. The molecule has 2 fully saturated rings. The molecule has 18 nitrogen and oxygen atoms in total. The summed E-state index contributed by atoms with van der Waals surface area (Å²) in [6.45, 7) is 3.71. The van der Waals surface area contributed by atoms with E-state index in [1.54, 1.807) is 42.5 Å².